The number of ketones is 1. The maximum atomic E-state index is 11.5. The third-order valence-corrected chi connectivity index (χ3v) is 2.89. The molecule has 0 saturated heterocycles. The van der Waals surface area contributed by atoms with Crippen LogP contribution in [0, 0.1) is 0 Å². The van der Waals surface area contributed by atoms with Crippen LogP contribution in [0.15, 0.2) is 16.6 Å². The van der Waals surface area contributed by atoms with Gasteiger partial charge in [0.2, 0.25) is 6.79 Å². The molecule has 3 nitrogen and oxygen atoms in total. The van der Waals surface area contributed by atoms with Gasteiger partial charge in [0.25, 0.3) is 0 Å². The van der Waals surface area contributed by atoms with Crippen LogP contribution in [0.1, 0.15) is 23.7 Å². The quantitative estimate of drug-likeness (QED) is 0.764. The van der Waals surface area contributed by atoms with Crippen LogP contribution in [0.3, 0.4) is 0 Å². The molecule has 1 heterocycles. The van der Waals surface area contributed by atoms with E-state index in [-0.39, 0.29) is 12.6 Å². The van der Waals surface area contributed by atoms with E-state index in [1.54, 1.807) is 12.1 Å². The average Bonchev–Trinajstić information content (AvgIpc) is 2.66. The van der Waals surface area contributed by atoms with Crippen molar-refractivity contribution in [3.63, 3.8) is 0 Å². The van der Waals surface area contributed by atoms with Crippen LogP contribution in [0.5, 0.6) is 11.5 Å². The van der Waals surface area contributed by atoms with Crippen molar-refractivity contribution in [1.82, 2.24) is 0 Å². The predicted molar refractivity (Wildman–Crippen MR) is 54.9 cm³/mol. The van der Waals surface area contributed by atoms with Crippen LogP contribution >= 0.6 is 15.9 Å². The molecule has 0 unspecified atom stereocenters. The lowest BCUT2D eigenvalue weighted by atomic mass is 10.1. The third-order valence-electron chi connectivity index (χ3n) is 2.10. The normalized spacial score (nSPS) is 13.0. The Morgan fingerprint density at radius 2 is 2.29 bits per heavy atom. The van der Waals surface area contributed by atoms with Crippen LogP contribution < -0.4 is 9.47 Å². The molecule has 4 heteroatoms. The summed E-state index contributed by atoms with van der Waals surface area (Å²) in [4.78, 5) is 11.5. The zero-order valence-electron chi connectivity index (χ0n) is 7.67. The highest BCUT2D eigenvalue weighted by atomic mass is 79.9. The average molecular weight is 257 g/mol. The molecule has 14 heavy (non-hydrogen) atoms. The molecule has 1 aromatic carbocycles. The SMILES string of the molecule is CCC(=O)c1ccc2c(c1Br)OCO2. The lowest BCUT2D eigenvalue weighted by Gasteiger charge is -2.04. The fraction of sp³-hybridized carbons (Fsp3) is 0.300. The molecule has 0 atom stereocenters. The van der Waals surface area contributed by atoms with Crippen molar-refractivity contribution in [2.75, 3.05) is 6.79 Å². The Hall–Kier alpha value is -1.03. The number of Topliss-reactive ketones (excluding diaryl/α,β-unsaturated/α-hetero) is 1. The number of hydrogen-bond acceptors (Lipinski definition) is 3. The second kappa shape index (κ2) is 3.61. The summed E-state index contributed by atoms with van der Waals surface area (Å²) in [7, 11) is 0. The van der Waals surface area contributed by atoms with Crippen LogP contribution in [0.2, 0.25) is 0 Å². The Morgan fingerprint density at radius 1 is 1.50 bits per heavy atom. The molecular weight excluding hydrogens is 248 g/mol. The van der Waals surface area contributed by atoms with Gasteiger partial charge < -0.3 is 9.47 Å². The molecule has 1 aliphatic heterocycles. The van der Waals surface area contributed by atoms with Gasteiger partial charge in [0.1, 0.15) is 0 Å². The molecule has 0 aliphatic carbocycles. The molecule has 0 N–H and O–H groups in total. The third kappa shape index (κ3) is 1.39. The number of ether oxygens (including phenoxy) is 2. The molecule has 1 aliphatic rings. The van der Waals surface area contributed by atoms with Gasteiger partial charge in [-0.25, -0.2) is 0 Å². The van der Waals surface area contributed by atoms with Gasteiger partial charge in [-0.3, -0.25) is 4.79 Å². The first-order valence-corrected chi connectivity index (χ1v) is 5.14. The molecule has 74 valence electrons. The molecule has 0 saturated carbocycles. The molecule has 0 bridgehead atoms. The van der Waals surface area contributed by atoms with E-state index in [1.165, 1.54) is 0 Å². The fourth-order valence-corrected chi connectivity index (χ4v) is 2.01. The molecule has 0 spiro atoms. The van der Waals surface area contributed by atoms with Crippen molar-refractivity contribution in [2.45, 2.75) is 13.3 Å². The van der Waals surface area contributed by atoms with E-state index in [4.69, 9.17) is 9.47 Å². The van der Waals surface area contributed by atoms with Gasteiger partial charge in [-0.05, 0) is 28.1 Å². The summed E-state index contributed by atoms with van der Waals surface area (Å²) in [6, 6.07) is 3.51. The first-order valence-electron chi connectivity index (χ1n) is 4.35. The van der Waals surface area contributed by atoms with E-state index in [0.717, 1.165) is 0 Å². The monoisotopic (exact) mass is 256 g/mol. The summed E-state index contributed by atoms with van der Waals surface area (Å²) in [5.74, 6) is 1.41. The van der Waals surface area contributed by atoms with Crippen molar-refractivity contribution in [1.29, 1.82) is 0 Å². The topological polar surface area (TPSA) is 35.5 Å². The van der Waals surface area contributed by atoms with Gasteiger partial charge >= 0.3 is 0 Å². The number of carbonyl (C=O) groups is 1. The number of hydrogen-bond donors (Lipinski definition) is 0. The Morgan fingerprint density at radius 3 is 3.00 bits per heavy atom. The van der Waals surface area contributed by atoms with E-state index >= 15 is 0 Å². The molecule has 2 rings (SSSR count). The highest BCUT2D eigenvalue weighted by molar-refractivity contribution is 9.10. The Kier molecular flexibility index (Phi) is 2.46. The standard InChI is InChI=1S/C10H9BrO3/c1-2-7(12)6-3-4-8-10(9(6)11)14-5-13-8/h3-4H,2,5H2,1H3. The summed E-state index contributed by atoms with van der Waals surface area (Å²) in [5, 5.41) is 0. The van der Waals surface area contributed by atoms with Gasteiger partial charge in [-0.15, -0.1) is 0 Å². The number of benzene rings is 1. The van der Waals surface area contributed by atoms with E-state index in [2.05, 4.69) is 15.9 Å². The second-order valence-corrected chi connectivity index (χ2v) is 3.73. The summed E-state index contributed by atoms with van der Waals surface area (Å²) in [6.45, 7) is 2.05. The Balaban J connectivity index is 2.50. The molecule has 0 amide bonds. The number of rotatable bonds is 2. The maximum Gasteiger partial charge on any atom is 0.231 e. The minimum absolute atomic E-state index is 0.0928. The number of halogens is 1. The van der Waals surface area contributed by atoms with Crippen LogP contribution in [-0.2, 0) is 0 Å². The highest BCUT2D eigenvalue weighted by Gasteiger charge is 2.21. The fourth-order valence-electron chi connectivity index (χ4n) is 1.34. The van der Waals surface area contributed by atoms with Crippen molar-refractivity contribution in [3.05, 3.63) is 22.2 Å². The molecule has 0 fully saturated rings. The minimum atomic E-state index is 0.0928. The molecule has 0 radical (unpaired) electrons. The van der Waals surface area contributed by atoms with Gasteiger partial charge in [0.15, 0.2) is 17.3 Å². The van der Waals surface area contributed by atoms with Gasteiger partial charge in [0, 0.05) is 12.0 Å². The van der Waals surface area contributed by atoms with E-state index in [9.17, 15) is 4.79 Å². The lowest BCUT2D eigenvalue weighted by molar-refractivity contribution is 0.0987. The predicted octanol–water partition coefficient (Wildman–Crippen LogP) is 2.77. The Bertz CT molecular complexity index is 387. The second-order valence-electron chi connectivity index (χ2n) is 2.94. The van der Waals surface area contributed by atoms with Gasteiger partial charge in [0.05, 0.1) is 4.47 Å². The van der Waals surface area contributed by atoms with Crippen molar-refractivity contribution in [3.8, 4) is 11.5 Å². The summed E-state index contributed by atoms with van der Waals surface area (Å²) >= 11 is 3.35. The highest BCUT2D eigenvalue weighted by Crippen LogP contribution is 2.41. The van der Waals surface area contributed by atoms with Crippen LogP contribution in [0.25, 0.3) is 0 Å². The largest absolute Gasteiger partial charge is 0.454 e. The summed E-state index contributed by atoms with van der Waals surface area (Å²) in [6.07, 6.45) is 0.484. The summed E-state index contributed by atoms with van der Waals surface area (Å²) < 4.78 is 11.1. The number of carbonyl (C=O) groups excluding carboxylic acids is 1. The van der Waals surface area contributed by atoms with Crippen LogP contribution in [-0.4, -0.2) is 12.6 Å². The van der Waals surface area contributed by atoms with E-state index in [1.807, 2.05) is 6.92 Å². The molecule has 0 aromatic heterocycles. The number of fused-ring (bicyclic) bond motifs is 1. The van der Waals surface area contributed by atoms with Crippen molar-refractivity contribution >= 4 is 21.7 Å². The summed E-state index contributed by atoms with van der Waals surface area (Å²) in [5.41, 5.74) is 0.650. The van der Waals surface area contributed by atoms with Gasteiger partial charge in [-0.2, -0.15) is 0 Å². The van der Waals surface area contributed by atoms with Crippen LogP contribution in [0.4, 0.5) is 0 Å². The lowest BCUT2D eigenvalue weighted by Crippen LogP contribution is -1.98. The van der Waals surface area contributed by atoms with Gasteiger partial charge in [-0.1, -0.05) is 6.92 Å². The van der Waals surface area contributed by atoms with Crippen molar-refractivity contribution in [2.24, 2.45) is 0 Å². The van der Waals surface area contributed by atoms with E-state index < -0.39 is 0 Å². The van der Waals surface area contributed by atoms with E-state index in [0.29, 0.717) is 28.0 Å². The van der Waals surface area contributed by atoms with Crippen molar-refractivity contribution < 1.29 is 14.3 Å². The zero-order chi connectivity index (χ0) is 10.1. The smallest absolute Gasteiger partial charge is 0.231 e. The first kappa shape index (κ1) is 9.52. The first-order chi connectivity index (χ1) is 6.74. The minimum Gasteiger partial charge on any atom is -0.454 e. The molecule has 1 aromatic rings. The molecular formula is C10H9BrO3. The Labute approximate surface area is 90.1 Å². The maximum absolute atomic E-state index is 11.5. The zero-order valence-corrected chi connectivity index (χ0v) is 9.26.